The van der Waals surface area contributed by atoms with Gasteiger partial charge in [-0.25, -0.2) is 0 Å². The first kappa shape index (κ1) is 13.6. The Morgan fingerprint density at radius 2 is 2.37 bits per heavy atom. The minimum atomic E-state index is -0.468. The maximum absolute atomic E-state index is 11.0. The smallest absolute Gasteiger partial charge is 0.314 e. The lowest BCUT2D eigenvalue weighted by Gasteiger charge is -2.11. The largest absolute Gasteiger partial charge is 0.496 e. The number of hydrogen-bond donors (Lipinski definition) is 0. The number of hydrogen-bond acceptors (Lipinski definition) is 5. The van der Waals surface area contributed by atoms with Gasteiger partial charge in [0.25, 0.3) is 0 Å². The fourth-order valence-corrected chi connectivity index (χ4v) is 2.06. The highest BCUT2D eigenvalue weighted by Gasteiger charge is 2.18. The molecule has 1 saturated heterocycles. The van der Waals surface area contributed by atoms with Gasteiger partial charge in [0.1, 0.15) is 5.75 Å². The second-order valence-corrected chi connectivity index (χ2v) is 4.36. The van der Waals surface area contributed by atoms with Gasteiger partial charge < -0.3 is 14.2 Å². The Labute approximate surface area is 111 Å². The summed E-state index contributed by atoms with van der Waals surface area (Å²) < 4.78 is 15.9. The van der Waals surface area contributed by atoms with E-state index in [4.69, 9.17) is 14.2 Å². The number of nitro groups is 1. The van der Waals surface area contributed by atoms with Crippen molar-refractivity contribution in [1.82, 2.24) is 0 Å². The highest BCUT2D eigenvalue weighted by Crippen LogP contribution is 2.31. The van der Waals surface area contributed by atoms with E-state index in [1.54, 1.807) is 12.1 Å². The molecule has 1 aromatic rings. The van der Waals surface area contributed by atoms with Crippen molar-refractivity contribution in [1.29, 1.82) is 0 Å². The van der Waals surface area contributed by atoms with E-state index in [1.165, 1.54) is 13.2 Å². The molecule has 1 aromatic carbocycles. The Morgan fingerprint density at radius 1 is 1.53 bits per heavy atom. The second-order valence-electron chi connectivity index (χ2n) is 4.36. The molecule has 6 nitrogen and oxygen atoms in total. The van der Waals surface area contributed by atoms with Gasteiger partial charge in [-0.3, -0.25) is 10.1 Å². The normalized spacial score (nSPS) is 18.3. The van der Waals surface area contributed by atoms with Gasteiger partial charge in [-0.2, -0.15) is 0 Å². The third-order valence-electron chi connectivity index (χ3n) is 3.08. The van der Waals surface area contributed by atoms with Crippen molar-refractivity contribution in [3.05, 3.63) is 28.3 Å². The predicted octanol–water partition coefficient (Wildman–Crippen LogP) is 2.55. The molecule has 0 saturated carbocycles. The maximum Gasteiger partial charge on any atom is 0.314 e. The standard InChI is InChI=1S/C13H17NO5/c1-17-11-4-5-13(12(9-11)14(15)16)19-8-6-10-3-2-7-18-10/h4-5,9-10H,2-3,6-8H2,1H3. The van der Waals surface area contributed by atoms with Crippen LogP contribution in [0.4, 0.5) is 5.69 Å². The highest BCUT2D eigenvalue weighted by molar-refractivity contribution is 5.50. The van der Waals surface area contributed by atoms with Crippen molar-refractivity contribution < 1.29 is 19.1 Å². The average molecular weight is 267 g/mol. The van der Waals surface area contributed by atoms with Crippen molar-refractivity contribution in [3.8, 4) is 11.5 Å². The zero-order valence-corrected chi connectivity index (χ0v) is 10.8. The number of methoxy groups -OCH3 is 1. The van der Waals surface area contributed by atoms with Crippen LogP contribution in [0.25, 0.3) is 0 Å². The molecule has 6 heteroatoms. The van der Waals surface area contributed by atoms with E-state index in [0.29, 0.717) is 12.4 Å². The van der Waals surface area contributed by atoms with E-state index in [-0.39, 0.29) is 17.5 Å². The van der Waals surface area contributed by atoms with Crippen molar-refractivity contribution in [2.75, 3.05) is 20.3 Å². The van der Waals surface area contributed by atoms with Crippen LogP contribution < -0.4 is 9.47 Å². The van der Waals surface area contributed by atoms with Crippen LogP contribution in [0.15, 0.2) is 18.2 Å². The van der Waals surface area contributed by atoms with E-state index in [9.17, 15) is 10.1 Å². The summed E-state index contributed by atoms with van der Waals surface area (Å²) in [6.07, 6.45) is 3.09. The molecule has 0 radical (unpaired) electrons. The SMILES string of the molecule is COc1ccc(OCCC2CCCO2)c([N+](=O)[O-])c1. The van der Waals surface area contributed by atoms with E-state index in [1.807, 2.05) is 0 Å². The molecule has 0 amide bonds. The fourth-order valence-electron chi connectivity index (χ4n) is 2.06. The summed E-state index contributed by atoms with van der Waals surface area (Å²) in [4.78, 5) is 10.5. The van der Waals surface area contributed by atoms with Gasteiger partial charge in [0.2, 0.25) is 0 Å². The van der Waals surface area contributed by atoms with Crippen molar-refractivity contribution in [3.63, 3.8) is 0 Å². The first-order valence-electron chi connectivity index (χ1n) is 6.27. The van der Waals surface area contributed by atoms with Gasteiger partial charge in [0, 0.05) is 13.0 Å². The van der Waals surface area contributed by atoms with Crippen LogP contribution >= 0.6 is 0 Å². The quantitative estimate of drug-likeness (QED) is 0.585. The van der Waals surface area contributed by atoms with Gasteiger partial charge in [0.15, 0.2) is 5.75 Å². The van der Waals surface area contributed by atoms with Gasteiger partial charge in [-0.15, -0.1) is 0 Å². The first-order chi connectivity index (χ1) is 9.20. The molecule has 1 atom stereocenters. The Bertz CT molecular complexity index is 443. The fraction of sp³-hybridized carbons (Fsp3) is 0.538. The number of nitro benzene ring substituents is 1. The summed E-state index contributed by atoms with van der Waals surface area (Å²) in [6, 6.07) is 4.57. The number of ether oxygens (including phenoxy) is 3. The number of benzene rings is 1. The summed E-state index contributed by atoms with van der Waals surface area (Å²) in [5, 5.41) is 11.0. The Morgan fingerprint density at radius 3 is 3.00 bits per heavy atom. The lowest BCUT2D eigenvalue weighted by molar-refractivity contribution is -0.386. The number of rotatable bonds is 6. The van der Waals surface area contributed by atoms with Crippen LogP contribution in [0.3, 0.4) is 0 Å². The summed E-state index contributed by atoms with van der Waals surface area (Å²) in [7, 11) is 1.47. The number of nitrogens with zero attached hydrogens (tertiary/aromatic N) is 1. The molecule has 1 fully saturated rings. The third-order valence-corrected chi connectivity index (χ3v) is 3.08. The molecule has 19 heavy (non-hydrogen) atoms. The van der Waals surface area contributed by atoms with Crippen molar-refractivity contribution in [2.24, 2.45) is 0 Å². The van der Waals surface area contributed by atoms with Crippen LogP contribution in [0.2, 0.25) is 0 Å². The van der Waals surface area contributed by atoms with Gasteiger partial charge in [-0.05, 0) is 25.0 Å². The van der Waals surface area contributed by atoms with E-state index in [0.717, 1.165) is 25.9 Å². The predicted molar refractivity (Wildman–Crippen MR) is 68.7 cm³/mol. The topological polar surface area (TPSA) is 70.8 Å². The Balaban J connectivity index is 1.96. The molecule has 2 rings (SSSR count). The van der Waals surface area contributed by atoms with Crippen LogP contribution in [0.1, 0.15) is 19.3 Å². The van der Waals surface area contributed by atoms with Gasteiger partial charge in [-0.1, -0.05) is 0 Å². The van der Waals surface area contributed by atoms with Crippen LogP contribution in [-0.4, -0.2) is 31.4 Å². The van der Waals surface area contributed by atoms with E-state index >= 15 is 0 Å². The molecular formula is C13H17NO5. The molecule has 1 heterocycles. The summed E-state index contributed by atoms with van der Waals surface area (Å²) in [5.41, 5.74) is -0.0771. The minimum absolute atomic E-state index is 0.0771. The summed E-state index contributed by atoms with van der Waals surface area (Å²) in [5.74, 6) is 0.710. The van der Waals surface area contributed by atoms with E-state index in [2.05, 4.69) is 0 Å². The first-order valence-corrected chi connectivity index (χ1v) is 6.27. The monoisotopic (exact) mass is 267 g/mol. The van der Waals surface area contributed by atoms with Crippen LogP contribution in [-0.2, 0) is 4.74 Å². The van der Waals surface area contributed by atoms with Crippen LogP contribution in [0.5, 0.6) is 11.5 Å². The molecule has 104 valence electrons. The molecule has 1 aliphatic rings. The Kier molecular flexibility index (Phi) is 4.57. The van der Waals surface area contributed by atoms with Gasteiger partial charge in [0.05, 0.1) is 30.8 Å². The van der Waals surface area contributed by atoms with Crippen molar-refractivity contribution in [2.45, 2.75) is 25.4 Å². The maximum atomic E-state index is 11.0. The average Bonchev–Trinajstić information content (AvgIpc) is 2.92. The second kappa shape index (κ2) is 6.38. The highest BCUT2D eigenvalue weighted by atomic mass is 16.6. The molecule has 1 aliphatic heterocycles. The van der Waals surface area contributed by atoms with E-state index < -0.39 is 4.92 Å². The third kappa shape index (κ3) is 3.57. The summed E-state index contributed by atoms with van der Waals surface area (Å²) in [6.45, 7) is 1.21. The van der Waals surface area contributed by atoms with Gasteiger partial charge >= 0.3 is 5.69 Å². The molecule has 0 spiro atoms. The molecule has 0 bridgehead atoms. The minimum Gasteiger partial charge on any atom is -0.496 e. The lowest BCUT2D eigenvalue weighted by Crippen LogP contribution is -2.11. The molecule has 0 N–H and O–H groups in total. The zero-order chi connectivity index (χ0) is 13.7. The molecule has 0 aliphatic carbocycles. The lowest BCUT2D eigenvalue weighted by atomic mass is 10.2. The molecule has 0 aromatic heterocycles. The molecular weight excluding hydrogens is 250 g/mol. The summed E-state index contributed by atoms with van der Waals surface area (Å²) >= 11 is 0. The molecule has 1 unspecified atom stereocenters. The zero-order valence-electron chi connectivity index (χ0n) is 10.8. The van der Waals surface area contributed by atoms with Crippen LogP contribution in [0, 0.1) is 10.1 Å². The Hall–Kier alpha value is -1.82. The van der Waals surface area contributed by atoms with Crippen molar-refractivity contribution >= 4 is 5.69 Å².